The smallest absolute Gasteiger partial charge is 0.232 e. The number of hydrogen-bond donors (Lipinski definition) is 2. The molecule has 0 atom stereocenters. The van der Waals surface area contributed by atoms with E-state index in [9.17, 15) is 0 Å². The van der Waals surface area contributed by atoms with Gasteiger partial charge in [-0.25, -0.2) is 4.98 Å². The normalized spacial score (nSPS) is 18.3. The van der Waals surface area contributed by atoms with Gasteiger partial charge in [-0.2, -0.15) is 4.98 Å². The lowest BCUT2D eigenvalue weighted by atomic mass is 9.79. The molecule has 1 aliphatic heterocycles. The average molecular weight is 466 g/mol. The van der Waals surface area contributed by atoms with Gasteiger partial charge >= 0.3 is 0 Å². The zero-order valence-corrected chi connectivity index (χ0v) is 19.0. The molecule has 30 heavy (non-hydrogen) atoms. The second-order valence-electron chi connectivity index (χ2n) is 7.77. The molecule has 160 valence electrons. The van der Waals surface area contributed by atoms with Crippen LogP contribution in [0.2, 0.25) is 10.2 Å². The molecule has 1 saturated heterocycles. The number of morpholine rings is 1. The van der Waals surface area contributed by atoms with E-state index in [1.807, 2.05) is 12.1 Å². The fourth-order valence-corrected chi connectivity index (χ4v) is 4.70. The van der Waals surface area contributed by atoms with Crippen molar-refractivity contribution in [1.29, 1.82) is 0 Å². The van der Waals surface area contributed by atoms with E-state index in [0.29, 0.717) is 29.4 Å². The van der Waals surface area contributed by atoms with Gasteiger partial charge in [0.25, 0.3) is 0 Å². The molecule has 0 unspecified atom stereocenters. The van der Waals surface area contributed by atoms with E-state index >= 15 is 0 Å². The van der Waals surface area contributed by atoms with Gasteiger partial charge in [-0.15, -0.1) is 0 Å². The first-order chi connectivity index (χ1) is 14.5. The van der Waals surface area contributed by atoms with E-state index in [2.05, 4.69) is 37.6 Å². The highest BCUT2D eigenvalue weighted by Gasteiger charge is 2.35. The van der Waals surface area contributed by atoms with Crippen LogP contribution in [-0.4, -0.2) is 47.9 Å². The summed E-state index contributed by atoms with van der Waals surface area (Å²) in [6, 6.07) is 9.94. The Morgan fingerprint density at radius 1 is 1.10 bits per heavy atom. The van der Waals surface area contributed by atoms with E-state index < -0.39 is 0 Å². The minimum atomic E-state index is 0.0600. The van der Waals surface area contributed by atoms with E-state index in [0.717, 1.165) is 43.3 Å². The number of anilines is 2. The van der Waals surface area contributed by atoms with Gasteiger partial charge in [-0.05, 0) is 42.8 Å². The highest BCUT2D eigenvalue weighted by molar-refractivity contribution is 7.80. The Hall–Kier alpha value is -1.67. The lowest BCUT2D eigenvalue weighted by Gasteiger charge is -2.31. The third-order valence-electron chi connectivity index (χ3n) is 5.85. The van der Waals surface area contributed by atoms with Crippen molar-refractivity contribution in [1.82, 2.24) is 15.3 Å². The molecule has 1 saturated carbocycles. The summed E-state index contributed by atoms with van der Waals surface area (Å²) in [6.45, 7) is 3.66. The topological polar surface area (TPSA) is 62.3 Å². The van der Waals surface area contributed by atoms with E-state index in [1.165, 1.54) is 18.4 Å². The van der Waals surface area contributed by atoms with Crippen LogP contribution in [-0.2, 0) is 10.2 Å². The van der Waals surface area contributed by atoms with Gasteiger partial charge in [0.15, 0.2) is 5.11 Å². The number of nitrogens with one attached hydrogen (secondary N) is 2. The summed E-state index contributed by atoms with van der Waals surface area (Å²) in [7, 11) is 0. The predicted octanol–water partition coefficient (Wildman–Crippen LogP) is 4.42. The Morgan fingerprint density at radius 3 is 2.50 bits per heavy atom. The molecule has 0 radical (unpaired) electrons. The first-order valence-corrected chi connectivity index (χ1v) is 11.4. The number of halogens is 2. The van der Waals surface area contributed by atoms with Crippen LogP contribution < -0.4 is 15.5 Å². The lowest BCUT2D eigenvalue weighted by Crippen LogP contribution is -2.41. The molecule has 0 bridgehead atoms. The second-order valence-corrected chi connectivity index (χ2v) is 9.01. The minimum absolute atomic E-state index is 0.0600. The van der Waals surface area contributed by atoms with Crippen LogP contribution >= 0.6 is 35.4 Å². The van der Waals surface area contributed by atoms with Crippen LogP contribution in [0.3, 0.4) is 0 Å². The molecule has 6 nitrogen and oxygen atoms in total. The van der Waals surface area contributed by atoms with Crippen molar-refractivity contribution in [3.8, 4) is 0 Å². The fourth-order valence-electron chi connectivity index (χ4n) is 4.23. The maximum absolute atomic E-state index is 6.22. The molecular weight excluding hydrogens is 441 g/mol. The maximum Gasteiger partial charge on any atom is 0.232 e. The lowest BCUT2D eigenvalue weighted by molar-refractivity contribution is 0.122. The summed E-state index contributed by atoms with van der Waals surface area (Å²) in [4.78, 5) is 11.0. The number of hydrogen-bond acceptors (Lipinski definition) is 5. The van der Waals surface area contributed by atoms with E-state index in [-0.39, 0.29) is 5.41 Å². The number of nitrogens with zero attached hydrogens (tertiary/aromatic N) is 3. The standard InChI is InChI=1S/C21H25Cl2N5OS/c22-16-5-3-15(4-6-16)21(7-1-2-8-21)14-24-20(30)27-19-25-17(23)13-18(26-19)28-9-11-29-12-10-28/h3-6,13H,1-2,7-12,14H2,(H2,24,25,26,27,30). The summed E-state index contributed by atoms with van der Waals surface area (Å²) in [5.74, 6) is 1.17. The van der Waals surface area contributed by atoms with Gasteiger partial charge in [0, 0.05) is 36.1 Å². The second kappa shape index (κ2) is 9.64. The number of thiocarbonyl (C=S) groups is 1. The van der Waals surface area contributed by atoms with Gasteiger partial charge in [0.2, 0.25) is 5.95 Å². The average Bonchev–Trinajstić information content (AvgIpc) is 3.23. The van der Waals surface area contributed by atoms with Crippen molar-refractivity contribution in [2.45, 2.75) is 31.1 Å². The third-order valence-corrected chi connectivity index (χ3v) is 6.54. The molecule has 0 spiro atoms. The number of ether oxygens (including phenoxy) is 1. The molecule has 9 heteroatoms. The van der Waals surface area contributed by atoms with Crippen LogP contribution in [0, 0.1) is 0 Å². The molecule has 4 rings (SSSR count). The van der Waals surface area contributed by atoms with Gasteiger partial charge in [-0.1, -0.05) is 48.2 Å². The first-order valence-electron chi connectivity index (χ1n) is 10.2. The molecule has 2 N–H and O–H groups in total. The Kier molecular flexibility index (Phi) is 6.93. The van der Waals surface area contributed by atoms with Gasteiger partial charge in [0.05, 0.1) is 13.2 Å². The van der Waals surface area contributed by atoms with Crippen molar-refractivity contribution >= 4 is 52.3 Å². The van der Waals surface area contributed by atoms with Gasteiger partial charge in [0.1, 0.15) is 11.0 Å². The fraction of sp³-hybridized carbons (Fsp3) is 0.476. The molecule has 2 heterocycles. The molecule has 2 fully saturated rings. The summed E-state index contributed by atoms with van der Waals surface area (Å²) >= 11 is 17.8. The summed E-state index contributed by atoms with van der Waals surface area (Å²) in [6.07, 6.45) is 4.67. The van der Waals surface area contributed by atoms with Crippen LogP contribution in [0.25, 0.3) is 0 Å². The van der Waals surface area contributed by atoms with Gasteiger partial charge in [-0.3, -0.25) is 0 Å². The van der Waals surface area contributed by atoms with Crippen LogP contribution in [0.4, 0.5) is 11.8 Å². The van der Waals surface area contributed by atoms with Gasteiger partial charge < -0.3 is 20.3 Å². The third kappa shape index (κ3) is 5.14. The zero-order valence-electron chi connectivity index (χ0n) is 16.7. The summed E-state index contributed by atoms with van der Waals surface area (Å²) < 4.78 is 5.41. The predicted molar refractivity (Wildman–Crippen MR) is 126 cm³/mol. The molecule has 1 aliphatic carbocycles. The van der Waals surface area contributed by atoms with Crippen LogP contribution in [0.15, 0.2) is 30.3 Å². The zero-order chi connectivity index (χ0) is 21.0. The highest BCUT2D eigenvalue weighted by Crippen LogP contribution is 2.41. The minimum Gasteiger partial charge on any atom is -0.378 e. The molecule has 1 aromatic heterocycles. The Morgan fingerprint density at radius 2 is 1.80 bits per heavy atom. The molecule has 1 aromatic carbocycles. The van der Waals surface area contributed by atoms with Crippen molar-refractivity contribution in [3.05, 3.63) is 46.1 Å². The summed E-state index contributed by atoms with van der Waals surface area (Å²) in [5.41, 5.74) is 1.36. The van der Waals surface area contributed by atoms with Crippen molar-refractivity contribution < 1.29 is 4.74 Å². The number of aromatic nitrogens is 2. The first kappa shape index (κ1) is 21.6. The highest BCUT2D eigenvalue weighted by atomic mass is 35.5. The molecule has 2 aliphatic rings. The van der Waals surface area contributed by atoms with E-state index in [4.69, 9.17) is 40.2 Å². The maximum atomic E-state index is 6.22. The Labute approximate surface area is 192 Å². The molecule has 0 amide bonds. The largest absolute Gasteiger partial charge is 0.378 e. The van der Waals surface area contributed by atoms with Crippen LogP contribution in [0.5, 0.6) is 0 Å². The number of benzene rings is 1. The van der Waals surface area contributed by atoms with E-state index in [1.54, 1.807) is 6.07 Å². The monoisotopic (exact) mass is 465 g/mol. The quantitative estimate of drug-likeness (QED) is 0.500. The van der Waals surface area contributed by atoms with Crippen molar-refractivity contribution in [2.24, 2.45) is 0 Å². The van der Waals surface area contributed by atoms with Crippen LogP contribution in [0.1, 0.15) is 31.2 Å². The molecule has 2 aromatic rings. The van der Waals surface area contributed by atoms with Crippen molar-refractivity contribution in [3.63, 3.8) is 0 Å². The Bertz CT molecular complexity index is 883. The molecular formula is C21H25Cl2N5OS. The number of rotatable bonds is 5. The summed E-state index contributed by atoms with van der Waals surface area (Å²) in [5, 5.41) is 8.10. The SMILES string of the molecule is S=C(NCC1(c2ccc(Cl)cc2)CCCC1)Nc1nc(Cl)cc(N2CCOCC2)n1. The Balaban J connectivity index is 1.41. The van der Waals surface area contributed by atoms with Crippen molar-refractivity contribution in [2.75, 3.05) is 43.1 Å².